The number of carbonyl (C=O) groups is 4. The molecule has 316 valence electrons. The predicted molar refractivity (Wildman–Crippen MR) is 232 cm³/mol. The second-order valence-corrected chi connectivity index (χ2v) is 16.3. The van der Waals surface area contributed by atoms with Crippen LogP contribution in [0.25, 0.3) is 21.9 Å². The Morgan fingerprint density at radius 1 is 0.729 bits per heavy atom. The lowest BCUT2D eigenvalue weighted by Crippen LogP contribution is -2.57. The number of aliphatic hydroxyl groups excluding tert-OH is 2. The highest BCUT2D eigenvalue weighted by atomic mass is 16.5. The van der Waals surface area contributed by atoms with E-state index in [0.717, 1.165) is 51.4 Å². The Kier molecular flexibility index (Phi) is 16.5. The Bertz CT molecular complexity index is 1980. The van der Waals surface area contributed by atoms with Crippen LogP contribution in [0.5, 0.6) is 0 Å². The van der Waals surface area contributed by atoms with Crippen LogP contribution in [0.2, 0.25) is 0 Å². The van der Waals surface area contributed by atoms with Gasteiger partial charge in [0.25, 0.3) is 0 Å². The van der Waals surface area contributed by atoms with Gasteiger partial charge in [-0.2, -0.15) is 0 Å². The SMILES string of the molecule is CCCC[C@H](NC(=O)[C@H](Cc1cccc2ccccc12)NC(=O)OCC1c2ccccc2-c2ccccc21)C(=O)NC(CC(C)C)C(O)CC(=O)N[C@H](CO)C(C)CC. The van der Waals surface area contributed by atoms with Crippen LogP contribution < -0.4 is 21.3 Å². The van der Waals surface area contributed by atoms with Crippen molar-refractivity contribution in [2.75, 3.05) is 13.2 Å². The quantitative estimate of drug-likeness (QED) is 0.0541. The van der Waals surface area contributed by atoms with Crippen molar-refractivity contribution < 1.29 is 34.1 Å². The molecule has 6 atom stereocenters. The first-order chi connectivity index (χ1) is 28.4. The third-order valence-electron chi connectivity index (χ3n) is 11.5. The van der Waals surface area contributed by atoms with Gasteiger partial charge in [-0.15, -0.1) is 0 Å². The molecule has 0 fully saturated rings. The van der Waals surface area contributed by atoms with Gasteiger partial charge in [-0.25, -0.2) is 4.79 Å². The lowest BCUT2D eigenvalue weighted by Gasteiger charge is -2.29. The third-order valence-corrected chi connectivity index (χ3v) is 11.5. The molecule has 4 aromatic rings. The van der Waals surface area contributed by atoms with Crippen molar-refractivity contribution in [1.29, 1.82) is 0 Å². The molecule has 0 saturated carbocycles. The minimum atomic E-state index is -1.21. The van der Waals surface area contributed by atoms with Crippen molar-refractivity contribution in [3.05, 3.63) is 108 Å². The Hall–Kier alpha value is -5.26. The van der Waals surface area contributed by atoms with Crippen LogP contribution in [-0.2, 0) is 25.5 Å². The van der Waals surface area contributed by atoms with Crippen LogP contribution in [0.1, 0.15) is 95.8 Å². The molecule has 11 nitrogen and oxygen atoms in total. The number of ether oxygens (including phenoxy) is 1. The molecule has 0 saturated heterocycles. The van der Waals surface area contributed by atoms with Gasteiger partial charge in [-0.05, 0) is 63.3 Å². The van der Waals surface area contributed by atoms with Crippen molar-refractivity contribution in [3.63, 3.8) is 0 Å². The summed E-state index contributed by atoms with van der Waals surface area (Å²) in [6.07, 6.45) is 0.750. The molecule has 4 aromatic carbocycles. The summed E-state index contributed by atoms with van der Waals surface area (Å²) < 4.78 is 5.88. The number of alkyl carbamates (subject to hydrolysis) is 1. The van der Waals surface area contributed by atoms with Crippen LogP contribution in [0, 0.1) is 11.8 Å². The number of hydrogen-bond donors (Lipinski definition) is 6. The van der Waals surface area contributed by atoms with E-state index in [2.05, 4.69) is 33.4 Å². The molecule has 0 heterocycles. The van der Waals surface area contributed by atoms with Crippen LogP contribution in [0.4, 0.5) is 4.79 Å². The van der Waals surface area contributed by atoms with E-state index < -0.39 is 54.1 Å². The van der Waals surface area contributed by atoms with Gasteiger partial charge in [0, 0.05) is 12.3 Å². The zero-order valence-corrected chi connectivity index (χ0v) is 35.1. The van der Waals surface area contributed by atoms with E-state index in [-0.39, 0.29) is 43.8 Å². The molecule has 11 heteroatoms. The first-order valence-electron chi connectivity index (χ1n) is 21.2. The summed E-state index contributed by atoms with van der Waals surface area (Å²) in [4.78, 5) is 55.1. The Labute approximate surface area is 348 Å². The van der Waals surface area contributed by atoms with Gasteiger partial charge < -0.3 is 36.2 Å². The summed E-state index contributed by atoms with van der Waals surface area (Å²) >= 11 is 0. The number of unbranched alkanes of at least 4 members (excludes halogenated alkanes) is 1. The molecule has 0 bridgehead atoms. The van der Waals surface area contributed by atoms with E-state index in [1.807, 2.05) is 113 Å². The lowest BCUT2D eigenvalue weighted by molar-refractivity contribution is -0.131. The minimum Gasteiger partial charge on any atom is -0.449 e. The van der Waals surface area contributed by atoms with Gasteiger partial charge >= 0.3 is 6.09 Å². The lowest BCUT2D eigenvalue weighted by atomic mass is 9.95. The molecule has 3 unspecified atom stereocenters. The van der Waals surface area contributed by atoms with Crippen LogP contribution in [-0.4, -0.2) is 77.5 Å². The molecule has 0 radical (unpaired) electrons. The molecular weight excluding hydrogens is 745 g/mol. The highest BCUT2D eigenvalue weighted by molar-refractivity contribution is 5.93. The molecule has 6 N–H and O–H groups in total. The fraction of sp³-hybridized carbons (Fsp3) is 0.458. The standard InChI is InChI=1S/C48H62N4O7/c1-6-8-24-40(46(56)51-41(25-30(3)4)44(54)27-45(55)49-43(28-53)31(5)7-2)50-47(57)42(26-33-18-15-17-32-16-9-10-19-34(32)33)52-48(58)59-29-39-37-22-13-11-20-35(37)36-21-12-14-23-38(36)39/h9-23,30-31,39-44,53-54H,6-8,24-29H2,1-5H3,(H,49,55)(H,50,57)(H,51,56)(H,52,58)/t31?,40-,41?,42-,43+,44?/m0/s1. The largest absolute Gasteiger partial charge is 0.449 e. The average molecular weight is 807 g/mol. The molecule has 0 aliphatic heterocycles. The van der Waals surface area contributed by atoms with Crippen molar-refractivity contribution in [1.82, 2.24) is 21.3 Å². The van der Waals surface area contributed by atoms with E-state index in [9.17, 15) is 29.4 Å². The fourth-order valence-electron chi connectivity index (χ4n) is 7.99. The van der Waals surface area contributed by atoms with Crippen LogP contribution in [0.15, 0.2) is 91.0 Å². The van der Waals surface area contributed by atoms with Crippen molar-refractivity contribution in [3.8, 4) is 11.1 Å². The number of amides is 4. The Morgan fingerprint density at radius 2 is 1.36 bits per heavy atom. The highest BCUT2D eigenvalue weighted by Crippen LogP contribution is 2.44. The van der Waals surface area contributed by atoms with Gasteiger partial charge in [0.05, 0.1) is 31.2 Å². The van der Waals surface area contributed by atoms with Gasteiger partial charge in [0.1, 0.15) is 18.7 Å². The Balaban J connectivity index is 1.33. The summed E-state index contributed by atoms with van der Waals surface area (Å²) in [5.41, 5.74) is 5.18. The monoisotopic (exact) mass is 806 g/mol. The average Bonchev–Trinajstić information content (AvgIpc) is 3.55. The number of carbonyl (C=O) groups excluding carboxylic acids is 4. The summed E-state index contributed by atoms with van der Waals surface area (Å²) in [5.74, 6) is -1.53. The molecule has 5 rings (SSSR count). The van der Waals surface area contributed by atoms with E-state index in [4.69, 9.17) is 4.74 Å². The first kappa shape index (κ1) is 44.8. The number of hydrogen-bond acceptors (Lipinski definition) is 7. The maximum Gasteiger partial charge on any atom is 0.407 e. The number of aliphatic hydroxyl groups is 2. The van der Waals surface area contributed by atoms with E-state index in [0.29, 0.717) is 19.3 Å². The van der Waals surface area contributed by atoms with Crippen molar-refractivity contribution in [2.24, 2.45) is 11.8 Å². The summed E-state index contributed by atoms with van der Waals surface area (Å²) in [5, 5.41) is 34.6. The smallest absolute Gasteiger partial charge is 0.407 e. The topological polar surface area (TPSA) is 166 Å². The fourth-order valence-corrected chi connectivity index (χ4v) is 7.99. The number of nitrogens with one attached hydrogen (secondary N) is 4. The van der Waals surface area contributed by atoms with Gasteiger partial charge in [-0.1, -0.05) is 145 Å². The summed E-state index contributed by atoms with van der Waals surface area (Å²) in [6, 6.07) is 26.5. The van der Waals surface area contributed by atoms with Crippen molar-refractivity contribution >= 4 is 34.6 Å². The maximum absolute atomic E-state index is 14.4. The van der Waals surface area contributed by atoms with E-state index >= 15 is 0 Å². The van der Waals surface area contributed by atoms with Gasteiger partial charge in [0.15, 0.2) is 0 Å². The van der Waals surface area contributed by atoms with E-state index in [1.165, 1.54) is 0 Å². The highest BCUT2D eigenvalue weighted by Gasteiger charge is 2.33. The molecule has 0 spiro atoms. The Morgan fingerprint density at radius 3 is 2.00 bits per heavy atom. The van der Waals surface area contributed by atoms with Gasteiger partial charge in [-0.3, -0.25) is 14.4 Å². The number of rotatable bonds is 21. The minimum absolute atomic E-state index is 0.0401. The molecule has 1 aliphatic rings. The van der Waals surface area contributed by atoms with Crippen LogP contribution in [0.3, 0.4) is 0 Å². The zero-order valence-electron chi connectivity index (χ0n) is 35.1. The number of benzene rings is 4. The van der Waals surface area contributed by atoms with Gasteiger partial charge in [0.2, 0.25) is 17.7 Å². The van der Waals surface area contributed by atoms with E-state index in [1.54, 1.807) is 0 Å². The predicted octanol–water partition coefficient (Wildman–Crippen LogP) is 6.77. The zero-order chi connectivity index (χ0) is 42.5. The molecule has 1 aliphatic carbocycles. The van der Waals surface area contributed by atoms with Crippen molar-refractivity contribution in [2.45, 2.75) is 116 Å². The second-order valence-electron chi connectivity index (χ2n) is 16.3. The second kappa shape index (κ2) is 21.7. The summed E-state index contributed by atoms with van der Waals surface area (Å²) in [6.45, 7) is 9.66. The molecule has 4 amide bonds. The first-order valence-corrected chi connectivity index (χ1v) is 21.2. The molecule has 0 aromatic heterocycles. The normalized spacial score (nSPS) is 15.3. The molecular formula is C48H62N4O7. The molecule has 59 heavy (non-hydrogen) atoms. The van der Waals surface area contributed by atoms with Crippen LogP contribution >= 0.6 is 0 Å². The third kappa shape index (κ3) is 11.9. The number of fused-ring (bicyclic) bond motifs is 4. The maximum atomic E-state index is 14.4. The summed E-state index contributed by atoms with van der Waals surface area (Å²) in [7, 11) is 0.